The van der Waals surface area contributed by atoms with E-state index in [1.165, 1.54) is 6.26 Å². The highest BCUT2D eigenvalue weighted by Gasteiger charge is 2.16. The van der Waals surface area contributed by atoms with Crippen molar-refractivity contribution in [3.8, 4) is 0 Å². The van der Waals surface area contributed by atoms with E-state index >= 15 is 0 Å². The molecular weight excluding hydrogens is 177 g/mol. The molecule has 0 aromatic rings. The van der Waals surface area contributed by atoms with Crippen molar-refractivity contribution in [1.82, 2.24) is 0 Å². The first-order valence-electron chi connectivity index (χ1n) is 1.50. The lowest BCUT2D eigenvalue weighted by atomic mass is 12.0. The minimum Gasteiger partial charge on any atom is -0.183 e. The Morgan fingerprint density at radius 3 is 2.25 bits per heavy atom. The quantitative estimate of drug-likeness (QED) is 0.585. The Bertz CT molecular complexity index is 93.3. The van der Waals surface area contributed by atoms with Crippen molar-refractivity contribution in [3.63, 3.8) is 0 Å². The highest BCUT2D eigenvalue weighted by atomic mass is 32.7. The minimum absolute atomic E-state index is 0.721. The molecule has 1 atom stereocenters. The van der Waals surface area contributed by atoms with Gasteiger partial charge in [-0.05, 0) is 6.26 Å². The Hall–Kier alpha value is 0.670. The number of hydrogen-bond acceptors (Lipinski definition) is 2. The van der Waals surface area contributed by atoms with Gasteiger partial charge >= 0.3 is 15.9 Å². The number of nitrogens with zero attached hydrogens (tertiary/aromatic N) is 1. The van der Waals surface area contributed by atoms with Gasteiger partial charge in [0.05, 0.1) is 8.39 Å². The summed E-state index contributed by atoms with van der Waals surface area (Å²) in [6, 6.07) is 0. The van der Waals surface area contributed by atoms with Crippen LogP contribution >= 0.6 is 27.3 Å². The van der Waals surface area contributed by atoms with Gasteiger partial charge in [0.25, 0.3) is 0 Å². The van der Waals surface area contributed by atoms with Crippen LogP contribution in [0, 0.1) is 0 Å². The van der Waals surface area contributed by atoms with Gasteiger partial charge in [-0.1, -0.05) is 11.4 Å². The molecule has 0 aliphatic rings. The Kier molecular flexibility index (Phi) is 4.92. The van der Waals surface area contributed by atoms with Crippen LogP contribution in [0.15, 0.2) is 4.52 Å². The highest BCUT2D eigenvalue weighted by molar-refractivity contribution is 8.53. The largest absolute Gasteiger partial charge is 0.665 e. The van der Waals surface area contributed by atoms with Gasteiger partial charge in [0.15, 0.2) is 0 Å². The van der Waals surface area contributed by atoms with E-state index in [9.17, 15) is 12.6 Å². The fourth-order valence-corrected chi connectivity index (χ4v) is 1.96. The van der Waals surface area contributed by atoms with Crippen LogP contribution in [0.1, 0.15) is 0 Å². The molecule has 0 radical (unpaired) electrons. The van der Waals surface area contributed by atoms with E-state index in [0.717, 1.165) is 11.4 Å². The maximum absolute atomic E-state index is 11.8. The van der Waals surface area contributed by atoms with Gasteiger partial charge in [0.2, 0.25) is 0 Å². The third-order valence-corrected chi connectivity index (χ3v) is 3.25. The molecule has 0 amide bonds. The topological polar surface area (TPSA) is 12.4 Å². The average Bonchev–Trinajstić information content (AvgIpc) is 1.65. The number of rotatable bonds is 2. The zero-order valence-corrected chi connectivity index (χ0v) is 6.49. The van der Waals surface area contributed by atoms with Gasteiger partial charge in [-0.25, -0.2) is 0 Å². The first kappa shape index (κ1) is 8.67. The fraction of sp³-hybridized carbons (Fsp3) is 1.00. The lowest BCUT2D eigenvalue weighted by Gasteiger charge is -1.81. The van der Waals surface area contributed by atoms with Crippen LogP contribution in [0.25, 0.3) is 0 Å². The van der Waals surface area contributed by atoms with E-state index < -0.39 is 15.9 Å². The first-order valence-corrected chi connectivity index (χ1v) is 5.59. The summed E-state index contributed by atoms with van der Waals surface area (Å²) in [6.07, 6.45) is 1.41. The van der Waals surface area contributed by atoms with Crippen molar-refractivity contribution in [2.24, 2.45) is 4.52 Å². The van der Waals surface area contributed by atoms with Gasteiger partial charge < -0.3 is 0 Å². The third-order valence-electron chi connectivity index (χ3n) is 0.289. The molecule has 0 N–H and O–H groups in total. The summed E-state index contributed by atoms with van der Waals surface area (Å²) >= 11 is 0.721. The fourth-order valence-electron chi connectivity index (χ4n) is 0.0897. The van der Waals surface area contributed by atoms with E-state index in [4.69, 9.17) is 0 Å². The third kappa shape index (κ3) is 4.82. The molecule has 0 aromatic heterocycles. The Morgan fingerprint density at radius 2 is 2.12 bits per heavy atom. The Labute approximate surface area is 51.4 Å². The van der Waals surface area contributed by atoms with Crippen LogP contribution in [-0.2, 0) is 0 Å². The van der Waals surface area contributed by atoms with Gasteiger partial charge in [-0.2, -0.15) is 4.20 Å². The SMILES string of the molecule is CSP(F)N=[P+](F)F. The van der Waals surface area contributed by atoms with Gasteiger partial charge in [-0.3, -0.25) is 0 Å². The van der Waals surface area contributed by atoms with Crippen LogP contribution in [0.2, 0.25) is 0 Å². The molecule has 0 saturated carbocycles. The molecule has 0 bridgehead atoms. The van der Waals surface area contributed by atoms with Gasteiger partial charge in [0, 0.05) is 4.52 Å². The molecule has 0 aromatic carbocycles. The molecule has 0 spiro atoms. The summed E-state index contributed by atoms with van der Waals surface area (Å²) in [5, 5.41) is 0. The molecule has 7 heteroatoms. The Morgan fingerprint density at radius 1 is 1.62 bits per heavy atom. The van der Waals surface area contributed by atoms with Crippen molar-refractivity contribution in [1.29, 1.82) is 0 Å². The van der Waals surface area contributed by atoms with E-state index in [0.29, 0.717) is 0 Å². The number of halogens is 3. The van der Waals surface area contributed by atoms with Crippen LogP contribution in [0.4, 0.5) is 12.6 Å². The predicted molar refractivity (Wildman–Crippen MR) is 33.1 cm³/mol. The average molecular weight is 180 g/mol. The lowest BCUT2D eigenvalue weighted by molar-refractivity contribution is 0.764. The second-order valence-electron chi connectivity index (χ2n) is 0.713. The van der Waals surface area contributed by atoms with Crippen molar-refractivity contribution in [2.75, 3.05) is 6.26 Å². The molecular formula is CH3F3NP2S+. The Balaban J connectivity index is 3.51. The van der Waals surface area contributed by atoms with Crippen molar-refractivity contribution in [3.05, 3.63) is 0 Å². The molecule has 48 valence electrons. The predicted octanol–water partition coefficient (Wildman–Crippen LogP) is 3.98. The van der Waals surface area contributed by atoms with Crippen molar-refractivity contribution < 1.29 is 12.6 Å². The summed E-state index contributed by atoms with van der Waals surface area (Å²) < 4.78 is 36.5. The van der Waals surface area contributed by atoms with E-state index in [1.807, 2.05) is 0 Å². The van der Waals surface area contributed by atoms with E-state index in [2.05, 4.69) is 4.52 Å². The standard InChI is InChI=1S/CH3F3NP2S/c1-8-7(4)5-6(2)3/h1H3/q+1. The van der Waals surface area contributed by atoms with Crippen molar-refractivity contribution >= 4 is 27.3 Å². The van der Waals surface area contributed by atoms with Crippen LogP contribution in [0.5, 0.6) is 0 Å². The van der Waals surface area contributed by atoms with Crippen molar-refractivity contribution in [2.45, 2.75) is 0 Å². The minimum atomic E-state index is -3.39. The number of hydrogen-bond donors (Lipinski definition) is 0. The summed E-state index contributed by atoms with van der Waals surface area (Å²) in [7, 11) is -5.69. The monoisotopic (exact) mass is 180 g/mol. The molecule has 1 unspecified atom stereocenters. The summed E-state index contributed by atoms with van der Waals surface area (Å²) in [5.41, 5.74) is 0. The highest BCUT2D eigenvalue weighted by Crippen LogP contribution is 2.56. The van der Waals surface area contributed by atoms with Gasteiger partial charge in [-0.15, -0.1) is 0 Å². The zero-order chi connectivity index (χ0) is 6.57. The first-order chi connectivity index (χ1) is 3.66. The summed E-state index contributed by atoms with van der Waals surface area (Å²) in [4.78, 5) is 0. The molecule has 1 nitrogen and oxygen atoms in total. The summed E-state index contributed by atoms with van der Waals surface area (Å²) in [5.74, 6) is 0. The van der Waals surface area contributed by atoms with Gasteiger partial charge in [0.1, 0.15) is 0 Å². The second kappa shape index (κ2) is 4.54. The normalized spacial score (nSPS) is 13.0. The smallest absolute Gasteiger partial charge is 0.183 e. The zero-order valence-electron chi connectivity index (χ0n) is 3.88. The molecule has 0 saturated heterocycles. The van der Waals surface area contributed by atoms with Crippen LogP contribution < -0.4 is 0 Å². The molecule has 0 aliphatic heterocycles. The molecule has 0 heterocycles. The van der Waals surface area contributed by atoms with Crippen LogP contribution in [0.3, 0.4) is 0 Å². The van der Waals surface area contributed by atoms with Crippen LogP contribution in [-0.4, -0.2) is 6.26 Å². The second-order valence-corrected chi connectivity index (χ2v) is 4.68. The van der Waals surface area contributed by atoms with E-state index in [1.54, 1.807) is 0 Å². The maximum Gasteiger partial charge on any atom is 0.665 e. The van der Waals surface area contributed by atoms with E-state index in [-0.39, 0.29) is 0 Å². The molecule has 0 rings (SSSR count). The maximum atomic E-state index is 11.8. The molecule has 0 fully saturated rings. The summed E-state index contributed by atoms with van der Waals surface area (Å²) in [6.45, 7) is 0. The molecule has 8 heavy (non-hydrogen) atoms. The molecule has 0 aliphatic carbocycles. The lowest BCUT2D eigenvalue weighted by Crippen LogP contribution is -1.39.